The Kier molecular flexibility index (Phi) is 3.51. The van der Waals surface area contributed by atoms with Gasteiger partial charge in [-0.25, -0.2) is 4.79 Å². The van der Waals surface area contributed by atoms with Gasteiger partial charge in [-0.1, -0.05) is 23.2 Å². The molecular formula is C14H10Cl2N2O2. The number of nitrogens with zero attached hydrogens (tertiary/aromatic N) is 2. The van der Waals surface area contributed by atoms with Crippen LogP contribution in [0.15, 0.2) is 46.7 Å². The lowest BCUT2D eigenvalue weighted by molar-refractivity contribution is 0.114. The van der Waals surface area contributed by atoms with Crippen molar-refractivity contribution in [3.8, 4) is 0 Å². The van der Waals surface area contributed by atoms with Crippen molar-refractivity contribution < 1.29 is 9.53 Å². The van der Waals surface area contributed by atoms with Crippen molar-refractivity contribution >= 4 is 35.5 Å². The van der Waals surface area contributed by atoms with E-state index < -0.39 is 6.09 Å². The van der Waals surface area contributed by atoms with E-state index in [4.69, 9.17) is 27.9 Å². The molecule has 0 atom stereocenters. The van der Waals surface area contributed by atoms with Gasteiger partial charge in [0.2, 0.25) is 0 Å². The van der Waals surface area contributed by atoms with E-state index in [9.17, 15) is 4.79 Å². The molecule has 6 heteroatoms. The van der Waals surface area contributed by atoms with Gasteiger partial charge < -0.3 is 4.74 Å². The summed E-state index contributed by atoms with van der Waals surface area (Å²) in [6.45, 7) is 0.621. The summed E-state index contributed by atoms with van der Waals surface area (Å²) in [6.07, 6.45) is 4.79. The Morgan fingerprint density at radius 1 is 1.30 bits per heavy atom. The fraction of sp³-hybridized carbons (Fsp3) is 0.143. The SMILES string of the molecule is O=C(OCc1cc(Cl)cc(Cl)c1)N1C=C2C=NC=C2C1. The summed E-state index contributed by atoms with van der Waals surface area (Å²) in [5.41, 5.74) is 2.73. The highest BCUT2D eigenvalue weighted by Crippen LogP contribution is 2.24. The molecule has 0 radical (unpaired) electrons. The van der Waals surface area contributed by atoms with E-state index in [0.717, 1.165) is 16.7 Å². The zero-order valence-corrected chi connectivity index (χ0v) is 11.9. The monoisotopic (exact) mass is 308 g/mol. The maximum absolute atomic E-state index is 11.9. The van der Waals surface area contributed by atoms with Crippen molar-refractivity contribution in [3.63, 3.8) is 0 Å². The van der Waals surface area contributed by atoms with Crippen LogP contribution < -0.4 is 0 Å². The van der Waals surface area contributed by atoms with Crippen LogP contribution in [-0.2, 0) is 11.3 Å². The Morgan fingerprint density at radius 2 is 2.05 bits per heavy atom. The van der Waals surface area contributed by atoms with Crippen LogP contribution in [-0.4, -0.2) is 23.8 Å². The zero-order valence-electron chi connectivity index (χ0n) is 10.3. The largest absolute Gasteiger partial charge is 0.444 e. The lowest BCUT2D eigenvalue weighted by atomic mass is 10.2. The Hall–Kier alpha value is -1.78. The lowest BCUT2D eigenvalue weighted by Gasteiger charge is -2.13. The second-order valence-corrected chi connectivity index (χ2v) is 5.35. The number of benzene rings is 1. The molecule has 0 N–H and O–H groups in total. The first-order chi connectivity index (χ1) is 9.61. The van der Waals surface area contributed by atoms with Gasteiger partial charge in [-0.15, -0.1) is 0 Å². The highest BCUT2D eigenvalue weighted by molar-refractivity contribution is 6.34. The topological polar surface area (TPSA) is 41.9 Å². The second-order valence-electron chi connectivity index (χ2n) is 4.48. The summed E-state index contributed by atoms with van der Waals surface area (Å²) < 4.78 is 5.24. The molecule has 2 aliphatic heterocycles. The van der Waals surface area contributed by atoms with Crippen LogP contribution in [0.4, 0.5) is 4.79 Å². The Balaban J connectivity index is 1.62. The molecule has 0 bridgehead atoms. The minimum Gasteiger partial charge on any atom is -0.444 e. The number of hydrogen-bond donors (Lipinski definition) is 0. The van der Waals surface area contributed by atoms with Gasteiger partial charge in [-0.2, -0.15) is 0 Å². The van der Waals surface area contributed by atoms with Crippen LogP contribution in [0.25, 0.3) is 0 Å². The Bertz CT molecular complexity index is 645. The molecule has 1 amide bonds. The van der Waals surface area contributed by atoms with E-state index in [-0.39, 0.29) is 6.61 Å². The van der Waals surface area contributed by atoms with Gasteiger partial charge in [0.1, 0.15) is 6.61 Å². The van der Waals surface area contributed by atoms with Crippen molar-refractivity contribution in [1.82, 2.24) is 4.90 Å². The lowest BCUT2D eigenvalue weighted by Crippen LogP contribution is -2.24. The normalized spacial score (nSPS) is 16.0. The molecule has 0 spiro atoms. The van der Waals surface area contributed by atoms with Crippen molar-refractivity contribution in [1.29, 1.82) is 0 Å². The van der Waals surface area contributed by atoms with Crippen molar-refractivity contribution in [2.24, 2.45) is 4.99 Å². The molecule has 0 aliphatic carbocycles. The van der Waals surface area contributed by atoms with Gasteiger partial charge in [0.05, 0.1) is 6.54 Å². The minimum atomic E-state index is -0.405. The van der Waals surface area contributed by atoms with E-state index in [0.29, 0.717) is 16.6 Å². The number of carbonyl (C=O) groups excluding carboxylic acids is 1. The van der Waals surface area contributed by atoms with Gasteiger partial charge >= 0.3 is 6.09 Å². The van der Waals surface area contributed by atoms with Crippen LogP contribution in [0.2, 0.25) is 10.0 Å². The quantitative estimate of drug-likeness (QED) is 0.834. The van der Waals surface area contributed by atoms with Gasteiger partial charge in [0, 0.05) is 39.8 Å². The first-order valence-corrected chi connectivity index (χ1v) is 6.70. The van der Waals surface area contributed by atoms with E-state index in [1.807, 2.05) is 0 Å². The third-order valence-corrected chi connectivity index (χ3v) is 3.41. The van der Waals surface area contributed by atoms with E-state index in [1.165, 1.54) is 4.90 Å². The van der Waals surface area contributed by atoms with Crippen LogP contribution in [0.5, 0.6) is 0 Å². The molecule has 0 aromatic heterocycles. The first-order valence-electron chi connectivity index (χ1n) is 5.94. The van der Waals surface area contributed by atoms with E-state index in [1.54, 1.807) is 36.8 Å². The number of fused-ring (bicyclic) bond motifs is 1. The number of ether oxygens (including phenoxy) is 1. The molecule has 2 aliphatic rings. The first kappa shape index (κ1) is 13.2. The molecule has 2 heterocycles. The standard InChI is InChI=1S/C14H10Cl2N2O2/c15-12-1-9(2-13(16)3-12)8-20-14(19)18-6-10-4-17-5-11(10)7-18/h1-6H,7-8H2. The minimum absolute atomic E-state index is 0.131. The van der Waals surface area contributed by atoms with E-state index >= 15 is 0 Å². The number of halogens is 2. The molecule has 1 aromatic carbocycles. The van der Waals surface area contributed by atoms with Gasteiger partial charge in [-0.05, 0) is 23.8 Å². The molecule has 0 saturated heterocycles. The smallest absolute Gasteiger partial charge is 0.414 e. The molecule has 3 rings (SSSR count). The van der Waals surface area contributed by atoms with Crippen molar-refractivity contribution in [2.45, 2.75) is 6.61 Å². The van der Waals surface area contributed by atoms with E-state index in [2.05, 4.69) is 4.99 Å². The van der Waals surface area contributed by atoms with Crippen LogP contribution >= 0.6 is 23.2 Å². The Labute approximate surface area is 125 Å². The average molecular weight is 309 g/mol. The molecule has 20 heavy (non-hydrogen) atoms. The van der Waals surface area contributed by atoms with Gasteiger partial charge in [-0.3, -0.25) is 9.89 Å². The maximum atomic E-state index is 11.9. The molecule has 0 fully saturated rings. The number of aliphatic imine (C=N–C) groups is 1. The molecule has 4 nitrogen and oxygen atoms in total. The van der Waals surface area contributed by atoms with Crippen molar-refractivity contribution in [3.05, 3.63) is 57.4 Å². The average Bonchev–Trinajstić information content (AvgIpc) is 2.95. The third kappa shape index (κ3) is 2.71. The van der Waals surface area contributed by atoms with Crippen LogP contribution in [0.1, 0.15) is 5.56 Å². The van der Waals surface area contributed by atoms with Gasteiger partial charge in [0.15, 0.2) is 0 Å². The summed E-state index contributed by atoms with van der Waals surface area (Å²) in [4.78, 5) is 17.5. The highest BCUT2D eigenvalue weighted by Gasteiger charge is 2.24. The Morgan fingerprint density at radius 3 is 2.75 bits per heavy atom. The molecular weight excluding hydrogens is 299 g/mol. The summed E-state index contributed by atoms with van der Waals surface area (Å²) >= 11 is 11.8. The zero-order chi connectivity index (χ0) is 14.1. The second kappa shape index (κ2) is 5.31. The van der Waals surface area contributed by atoms with Crippen LogP contribution in [0, 0.1) is 0 Å². The third-order valence-electron chi connectivity index (χ3n) is 2.97. The van der Waals surface area contributed by atoms with Crippen molar-refractivity contribution in [2.75, 3.05) is 6.54 Å². The number of carbonyl (C=O) groups is 1. The molecule has 102 valence electrons. The maximum Gasteiger partial charge on any atom is 0.414 e. The fourth-order valence-corrected chi connectivity index (χ4v) is 2.62. The molecule has 0 saturated carbocycles. The van der Waals surface area contributed by atoms with Gasteiger partial charge in [0.25, 0.3) is 0 Å². The fourth-order valence-electron chi connectivity index (χ4n) is 2.05. The predicted molar refractivity (Wildman–Crippen MR) is 78.0 cm³/mol. The summed E-state index contributed by atoms with van der Waals surface area (Å²) in [5.74, 6) is 0. The van der Waals surface area contributed by atoms with Crippen LogP contribution in [0.3, 0.4) is 0 Å². The summed E-state index contributed by atoms with van der Waals surface area (Å²) in [7, 11) is 0. The predicted octanol–water partition coefficient (Wildman–Crippen LogP) is 3.80. The number of amides is 1. The molecule has 1 aromatic rings. The summed E-state index contributed by atoms with van der Waals surface area (Å²) in [6, 6.07) is 5.06. The number of rotatable bonds is 2. The highest BCUT2D eigenvalue weighted by atomic mass is 35.5. The number of hydrogen-bond acceptors (Lipinski definition) is 3. The molecule has 0 unspecified atom stereocenters. The summed E-state index contributed by atoms with van der Waals surface area (Å²) in [5, 5.41) is 1.03.